The van der Waals surface area contributed by atoms with Gasteiger partial charge in [0.25, 0.3) is 0 Å². The van der Waals surface area contributed by atoms with Gasteiger partial charge in [0.1, 0.15) is 16.2 Å². The van der Waals surface area contributed by atoms with Gasteiger partial charge in [0, 0.05) is 10.4 Å². The van der Waals surface area contributed by atoms with Crippen molar-refractivity contribution in [2.24, 2.45) is 0 Å². The highest BCUT2D eigenvalue weighted by atomic mass is 32.1. The molecule has 0 aliphatic heterocycles. The molecule has 1 aromatic heterocycles. The first kappa shape index (κ1) is 15.6. The lowest BCUT2D eigenvalue weighted by Gasteiger charge is -2.20. The lowest BCUT2D eigenvalue weighted by Crippen LogP contribution is -2.24. The lowest BCUT2D eigenvalue weighted by molar-refractivity contribution is 0.00721. The summed E-state index contributed by atoms with van der Waals surface area (Å²) in [5, 5.41) is 0.511. The number of esters is 1. The van der Waals surface area contributed by atoms with Crippen molar-refractivity contribution in [2.45, 2.75) is 40.2 Å². The van der Waals surface area contributed by atoms with Crippen LogP contribution in [-0.4, -0.2) is 11.6 Å². The van der Waals surface area contributed by atoms with Crippen molar-refractivity contribution in [3.8, 4) is 11.1 Å². The van der Waals surface area contributed by atoms with Crippen LogP contribution in [0.3, 0.4) is 0 Å². The Hall–Kier alpha value is -1.81. The molecule has 0 unspecified atom stereocenters. The molecule has 0 saturated carbocycles. The summed E-state index contributed by atoms with van der Waals surface area (Å²) in [7, 11) is 0. The maximum Gasteiger partial charge on any atom is 0.342 e. The average molecular weight is 303 g/mol. The summed E-state index contributed by atoms with van der Waals surface area (Å²) in [6, 6.07) is 8.08. The van der Waals surface area contributed by atoms with E-state index in [1.165, 1.54) is 16.9 Å². The van der Waals surface area contributed by atoms with Gasteiger partial charge in [-0.1, -0.05) is 29.8 Å². The predicted octanol–water partition coefficient (Wildman–Crippen LogP) is 4.57. The molecule has 112 valence electrons. The number of hydrogen-bond acceptors (Lipinski definition) is 4. The Morgan fingerprint density at radius 1 is 1.14 bits per heavy atom. The van der Waals surface area contributed by atoms with Crippen molar-refractivity contribution >= 4 is 22.3 Å². The van der Waals surface area contributed by atoms with E-state index in [0.29, 0.717) is 10.6 Å². The summed E-state index contributed by atoms with van der Waals surface area (Å²) in [6.07, 6.45) is 0. The number of anilines is 1. The van der Waals surface area contributed by atoms with Gasteiger partial charge in [-0.15, -0.1) is 11.3 Å². The second-order valence-electron chi connectivity index (χ2n) is 6.14. The van der Waals surface area contributed by atoms with Gasteiger partial charge in [0.05, 0.1) is 0 Å². The predicted molar refractivity (Wildman–Crippen MR) is 88.8 cm³/mol. The van der Waals surface area contributed by atoms with Gasteiger partial charge in [-0.05, 0) is 40.2 Å². The smallest absolute Gasteiger partial charge is 0.342 e. The summed E-state index contributed by atoms with van der Waals surface area (Å²) in [6.45, 7) is 9.57. The molecule has 0 bridgehead atoms. The van der Waals surface area contributed by atoms with E-state index >= 15 is 0 Å². The van der Waals surface area contributed by atoms with Crippen molar-refractivity contribution in [3.63, 3.8) is 0 Å². The quantitative estimate of drug-likeness (QED) is 0.827. The molecule has 4 heteroatoms. The second kappa shape index (κ2) is 5.53. The van der Waals surface area contributed by atoms with E-state index < -0.39 is 5.60 Å². The SMILES string of the molecule is Cc1ccc(-c2c(C)sc(N)c2C(=O)OC(C)(C)C)cc1. The molecule has 2 aromatic rings. The number of thiophene rings is 1. The van der Waals surface area contributed by atoms with E-state index in [1.54, 1.807) is 0 Å². The summed E-state index contributed by atoms with van der Waals surface area (Å²) in [5.41, 5.74) is 9.04. The number of carbonyl (C=O) groups is 1. The Balaban J connectivity index is 2.52. The molecule has 0 fully saturated rings. The fraction of sp³-hybridized carbons (Fsp3) is 0.353. The lowest BCUT2D eigenvalue weighted by atomic mass is 10.0. The average Bonchev–Trinajstić information content (AvgIpc) is 2.63. The fourth-order valence-electron chi connectivity index (χ4n) is 2.17. The summed E-state index contributed by atoms with van der Waals surface area (Å²) in [5.74, 6) is -0.361. The molecule has 0 aliphatic carbocycles. The first-order chi connectivity index (χ1) is 9.69. The third-order valence-corrected chi connectivity index (χ3v) is 3.99. The van der Waals surface area contributed by atoms with Crippen LogP contribution in [-0.2, 0) is 4.74 Å². The Kier molecular flexibility index (Phi) is 4.10. The van der Waals surface area contributed by atoms with Crippen molar-refractivity contribution in [3.05, 3.63) is 40.3 Å². The molecule has 3 nitrogen and oxygen atoms in total. The molecule has 21 heavy (non-hydrogen) atoms. The molecule has 0 aliphatic rings. The molecule has 0 radical (unpaired) electrons. The van der Waals surface area contributed by atoms with Crippen LogP contribution in [0, 0.1) is 13.8 Å². The molecule has 2 rings (SSSR count). The van der Waals surface area contributed by atoms with E-state index in [4.69, 9.17) is 10.5 Å². The Morgan fingerprint density at radius 2 is 1.71 bits per heavy atom. The normalized spacial score (nSPS) is 11.5. The van der Waals surface area contributed by atoms with Crippen LogP contribution < -0.4 is 5.73 Å². The van der Waals surface area contributed by atoms with Crippen molar-refractivity contribution in [1.82, 2.24) is 0 Å². The first-order valence-electron chi connectivity index (χ1n) is 6.88. The number of benzene rings is 1. The standard InChI is InChI=1S/C17H21NO2S/c1-10-6-8-12(9-7-10)13-11(2)21-15(18)14(13)16(19)20-17(3,4)5/h6-9H,18H2,1-5H3. The third-order valence-electron chi connectivity index (χ3n) is 3.05. The van der Waals surface area contributed by atoms with Crippen LogP contribution in [0.25, 0.3) is 11.1 Å². The van der Waals surface area contributed by atoms with Gasteiger partial charge in [-0.3, -0.25) is 0 Å². The van der Waals surface area contributed by atoms with Crippen LogP contribution in [0.2, 0.25) is 0 Å². The van der Waals surface area contributed by atoms with Crippen LogP contribution in [0.4, 0.5) is 5.00 Å². The van der Waals surface area contributed by atoms with Gasteiger partial charge in [-0.2, -0.15) is 0 Å². The number of nitrogen functional groups attached to an aromatic ring is 1. The Labute approximate surface area is 129 Å². The minimum absolute atomic E-state index is 0.361. The van der Waals surface area contributed by atoms with Gasteiger partial charge in [0.15, 0.2) is 0 Å². The Bertz CT molecular complexity index is 663. The number of aryl methyl sites for hydroxylation is 2. The largest absolute Gasteiger partial charge is 0.456 e. The van der Waals surface area contributed by atoms with Gasteiger partial charge in [0.2, 0.25) is 0 Å². The second-order valence-corrected chi connectivity index (χ2v) is 7.40. The van der Waals surface area contributed by atoms with Crippen LogP contribution in [0.5, 0.6) is 0 Å². The number of rotatable bonds is 2. The van der Waals surface area contributed by atoms with Crippen molar-refractivity contribution < 1.29 is 9.53 Å². The fourth-order valence-corrected chi connectivity index (χ4v) is 3.11. The van der Waals surface area contributed by atoms with Gasteiger partial charge < -0.3 is 10.5 Å². The Morgan fingerprint density at radius 3 is 2.24 bits per heavy atom. The molecular weight excluding hydrogens is 282 g/mol. The summed E-state index contributed by atoms with van der Waals surface area (Å²) in [4.78, 5) is 13.5. The molecule has 2 N–H and O–H groups in total. The van der Waals surface area contributed by atoms with Crippen molar-refractivity contribution in [2.75, 3.05) is 5.73 Å². The minimum Gasteiger partial charge on any atom is -0.456 e. The summed E-state index contributed by atoms with van der Waals surface area (Å²) >= 11 is 1.43. The minimum atomic E-state index is -0.538. The van der Waals surface area contributed by atoms with Crippen LogP contribution >= 0.6 is 11.3 Å². The topological polar surface area (TPSA) is 52.3 Å². The van der Waals surface area contributed by atoms with E-state index in [0.717, 1.165) is 16.0 Å². The summed E-state index contributed by atoms with van der Waals surface area (Å²) < 4.78 is 5.49. The number of ether oxygens (including phenoxy) is 1. The highest BCUT2D eigenvalue weighted by Gasteiger charge is 2.26. The maximum absolute atomic E-state index is 12.5. The van der Waals surface area contributed by atoms with Gasteiger partial charge in [-0.25, -0.2) is 4.79 Å². The number of nitrogens with two attached hydrogens (primary N) is 1. The molecule has 1 aromatic carbocycles. The van der Waals surface area contributed by atoms with E-state index in [-0.39, 0.29) is 5.97 Å². The van der Waals surface area contributed by atoms with E-state index in [2.05, 4.69) is 0 Å². The van der Waals surface area contributed by atoms with E-state index in [1.807, 2.05) is 58.9 Å². The maximum atomic E-state index is 12.5. The van der Waals surface area contributed by atoms with E-state index in [9.17, 15) is 4.79 Å². The zero-order valence-corrected chi connectivity index (χ0v) is 13.9. The monoisotopic (exact) mass is 303 g/mol. The molecular formula is C17H21NO2S. The third kappa shape index (κ3) is 3.45. The zero-order valence-electron chi connectivity index (χ0n) is 13.1. The molecule has 0 spiro atoms. The van der Waals surface area contributed by atoms with Crippen molar-refractivity contribution in [1.29, 1.82) is 0 Å². The first-order valence-corrected chi connectivity index (χ1v) is 7.70. The number of carbonyl (C=O) groups excluding carboxylic acids is 1. The molecule has 1 heterocycles. The highest BCUT2D eigenvalue weighted by molar-refractivity contribution is 7.16. The highest BCUT2D eigenvalue weighted by Crippen LogP contribution is 2.39. The van der Waals surface area contributed by atoms with Crippen LogP contribution in [0.15, 0.2) is 24.3 Å². The number of hydrogen-bond donors (Lipinski definition) is 1. The molecule has 0 amide bonds. The molecule has 0 atom stereocenters. The van der Waals surface area contributed by atoms with Gasteiger partial charge >= 0.3 is 5.97 Å². The zero-order chi connectivity index (χ0) is 15.8. The molecule has 0 saturated heterocycles. The van der Waals surface area contributed by atoms with Crippen LogP contribution in [0.1, 0.15) is 41.6 Å².